The van der Waals surface area contributed by atoms with Crippen LogP contribution in [0.3, 0.4) is 0 Å². The molecule has 104 valence electrons. The Labute approximate surface area is 117 Å². The van der Waals surface area contributed by atoms with E-state index in [0.717, 1.165) is 24.7 Å². The molecule has 0 saturated carbocycles. The second-order valence-corrected chi connectivity index (χ2v) is 4.87. The van der Waals surface area contributed by atoms with Crippen LogP contribution in [0.1, 0.15) is 19.3 Å². The first-order chi connectivity index (χ1) is 9.76. The highest BCUT2D eigenvalue weighted by Crippen LogP contribution is 2.18. The highest BCUT2D eigenvalue weighted by Gasteiger charge is 2.15. The molecular weight excluding hydrogens is 254 g/mol. The summed E-state index contributed by atoms with van der Waals surface area (Å²) in [6, 6.07) is 3.66. The van der Waals surface area contributed by atoms with Crippen molar-refractivity contribution >= 4 is 23.2 Å². The monoisotopic (exact) mass is 271 g/mol. The second kappa shape index (κ2) is 5.32. The molecule has 1 N–H and O–H groups in total. The average Bonchev–Trinajstić information content (AvgIpc) is 2.91. The highest BCUT2D eigenvalue weighted by atomic mass is 16.1. The molecule has 0 unspecified atom stereocenters. The van der Waals surface area contributed by atoms with Crippen molar-refractivity contribution in [1.82, 2.24) is 14.6 Å². The number of anilines is 2. The summed E-state index contributed by atoms with van der Waals surface area (Å²) in [5.74, 6) is 0.526. The van der Waals surface area contributed by atoms with Gasteiger partial charge < -0.3 is 10.2 Å². The molecule has 1 aliphatic rings. The molecule has 0 radical (unpaired) electrons. The van der Waals surface area contributed by atoms with Crippen LogP contribution in [-0.4, -0.2) is 33.6 Å². The average molecular weight is 271 g/mol. The first kappa shape index (κ1) is 12.7. The fourth-order valence-electron chi connectivity index (χ4n) is 2.37. The SMILES string of the molecule is C=CC(=O)Nc1ccc2nc(N3CCCCC3)nn2c1. The van der Waals surface area contributed by atoms with Crippen LogP contribution < -0.4 is 10.2 Å². The Balaban J connectivity index is 1.86. The van der Waals surface area contributed by atoms with Crippen LogP contribution in [0.25, 0.3) is 5.65 Å². The minimum Gasteiger partial charge on any atom is -0.340 e. The van der Waals surface area contributed by atoms with Crippen LogP contribution in [0.5, 0.6) is 0 Å². The van der Waals surface area contributed by atoms with Crippen molar-refractivity contribution in [1.29, 1.82) is 0 Å². The molecule has 2 aromatic heterocycles. The fraction of sp³-hybridized carbons (Fsp3) is 0.357. The lowest BCUT2D eigenvalue weighted by atomic mass is 10.1. The number of carbonyl (C=O) groups excluding carboxylic acids is 1. The summed E-state index contributed by atoms with van der Waals surface area (Å²) >= 11 is 0. The maximum atomic E-state index is 11.3. The molecule has 0 bridgehead atoms. The first-order valence-electron chi connectivity index (χ1n) is 6.81. The zero-order valence-electron chi connectivity index (χ0n) is 11.2. The fourth-order valence-corrected chi connectivity index (χ4v) is 2.37. The van der Waals surface area contributed by atoms with Gasteiger partial charge in [0.05, 0.1) is 11.9 Å². The number of carbonyl (C=O) groups is 1. The van der Waals surface area contributed by atoms with Gasteiger partial charge in [0.15, 0.2) is 5.65 Å². The lowest BCUT2D eigenvalue weighted by Gasteiger charge is -2.24. The quantitative estimate of drug-likeness (QED) is 0.865. The molecule has 0 spiro atoms. The van der Waals surface area contributed by atoms with E-state index in [1.807, 2.05) is 12.1 Å². The minimum absolute atomic E-state index is 0.235. The Hall–Kier alpha value is -2.37. The molecule has 1 saturated heterocycles. The Kier molecular flexibility index (Phi) is 3.37. The Morgan fingerprint density at radius 1 is 1.30 bits per heavy atom. The largest absolute Gasteiger partial charge is 0.340 e. The van der Waals surface area contributed by atoms with Crippen molar-refractivity contribution in [3.05, 3.63) is 31.0 Å². The number of hydrogen-bond donors (Lipinski definition) is 1. The van der Waals surface area contributed by atoms with E-state index in [1.165, 1.54) is 25.3 Å². The van der Waals surface area contributed by atoms with E-state index in [2.05, 4.69) is 26.9 Å². The minimum atomic E-state index is -0.235. The Bertz CT molecular complexity index is 642. The molecule has 1 fully saturated rings. The summed E-state index contributed by atoms with van der Waals surface area (Å²) in [4.78, 5) is 18.0. The van der Waals surface area contributed by atoms with Crippen molar-refractivity contribution in [2.75, 3.05) is 23.3 Å². The van der Waals surface area contributed by atoms with Crippen LogP contribution in [0.2, 0.25) is 0 Å². The standard InChI is InChI=1S/C14H17N5O/c1-2-13(20)15-11-6-7-12-16-14(17-19(12)10-11)18-8-4-3-5-9-18/h2,6-7,10H,1,3-5,8-9H2,(H,15,20). The highest BCUT2D eigenvalue weighted by molar-refractivity contribution is 5.98. The van der Waals surface area contributed by atoms with Gasteiger partial charge >= 0.3 is 0 Å². The van der Waals surface area contributed by atoms with Crippen LogP contribution in [-0.2, 0) is 4.79 Å². The zero-order valence-corrected chi connectivity index (χ0v) is 11.2. The van der Waals surface area contributed by atoms with E-state index in [-0.39, 0.29) is 5.91 Å². The van der Waals surface area contributed by atoms with Gasteiger partial charge in [-0.15, -0.1) is 5.10 Å². The first-order valence-corrected chi connectivity index (χ1v) is 6.81. The van der Waals surface area contributed by atoms with Crippen molar-refractivity contribution in [2.24, 2.45) is 0 Å². The van der Waals surface area contributed by atoms with Gasteiger partial charge in [-0.05, 0) is 37.5 Å². The molecule has 2 aromatic rings. The van der Waals surface area contributed by atoms with Gasteiger partial charge in [-0.3, -0.25) is 4.79 Å². The predicted molar refractivity (Wildman–Crippen MR) is 77.9 cm³/mol. The number of fused-ring (bicyclic) bond motifs is 1. The maximum Gasteiger partial charge on any atom is 0.247 e. The van der Waals surface area contributed by atoms with Crippen molar-refractivity contribution in [2.45, 2.75) is 19.3 Å². The van der Waals surface area contributed by atoms with Crippen LogP contribution in [0, 0.1) is 0 Å². The van der Waals surface area contributed by atoms with Gasteiger partial charge in [-0.2, -0.15) is 4.98 Å². The summed E-state index contributed by atoms with van der Waals surface area (Å²) in [5, 5.41) is 7.20. The van der Waals surface area contributed by atoms with Crippen molar-refractivity contribution in [3.63, 3.8) is 0 Å². The predicted octanol–water partition coefficient (Wildman–Crippen LogP) is 1.84. The molecule has 1 aliphatic heterocycles. The third-order valence-corrected chi connectivity index (χ3v) is 3.41. The van der Waals surface area contributed by atoms with Gasteiger partial charge in [0.2, 0.25) is 11.9 Å². The number of hydrogen-bond acceptors (Lipinski definition) is 4. The topological polar surface area (TPSA) is 62.5 Å². The van der Waals surface area contributed by atoms with Gasteiger partial charge in [-0.25, -0.2) is 4.52 Å². The van der Waals surface area contributed by atoms with Crippen LogP contribution in [0.4, 0.5) is 11.6 Å². The van der Waals surface area contributed by atoms with E-state index in [0.29, 0.717) is 5.69 Å². The molecule has 3 rings (SSSR count). The molecule has 6 nitrogen and oxygen atoms in total. The smallest absolute Gasteiger partial charge is 0.247 e. The van der Waals surface area contributed by atoms with E-state index >= 15 is 0 Å². The number of nitrogens with one attached hydrogen (secondary N) is 1. The number of aromatic nitrogens is 3. The molecular formula is C14H17N5O. The summed E-state index contributed by atoms with van der Waals surface area (Å²) in [7, 11) is 0. The number of pyridine rings is 1. The molecule has 0 aliphatic carbocycles. The Morgan fingerprint density at radius 3 is 2.85 bits per heavy atom. The zero-order chi connectivity index (χ0) is 13.9. The Morgan fingerprint density at radius 2 is 2.10 bits per heavy atom. The van der Waals surface area contributed by atoms with E-state index in [1.54, 1.807) is 10.7 Å². The summed E-state index contributed by atoms with van der Waals surface area (Å²) in [5.41, 5.74) is 1.46. The lowest BCUT2D eigenvalue weighted by molar-refractivity contribution is -0.111. The maximum absolute atomic E-state index is 11.3. The summed E-state index contributed by atoms with van der Waals surface area (Å²) in [6.45, 7) is 5.45. The van der Waals surface area contributed by atoms with E-state index in [9.17, 15) is 4.79 Å². The summed E-state index contributed by atoms with van der Waals surface area (Å²) < 4.78 is 1.70. The molecule has 0 atom stereocenters. The normalized spacial score (nSPS) is 15.3. The third-order valence-electron chi connectivity index (χ3n) is 3.41. The van der Waals surface area contributed by atoms with E-state index < -0.39 is 0 Å². The molecule has 0 aromatic carbocycles. The van der Waals surface area contributed by atoms with Crippen molar-refractivity contribution in [3.8, 4) is 0 Å². The molecule has 6 heteroatoms. The second-order valence-electron chi connectivity index (χ2n) is 4.87. The number of amides is 1. The van der Waals surface area contributed by atoms with Gasteiger partial charge in [0.25, 0.3) is 0 Å². The lowest BCUT2D eigenvalue weighted by Crippen LogP contribution is -2.30. The number of rotatable bonds is 3. The summed E-state index contributed by atoms with van der Waals surface area (Å²) in [6.07, 6.45) is 6.66. The van der Waals surface area contributed by atoms with Gasteiger partial charge in [-0.1, -0.05) is 6.58 Å². The molecule has 20 heavy (non-hydrogen) atoms. The van der Waals surface area contributed by atoms with Gasteiger partial charge in [0, 0.05) is 13.1 Å². The van der Waals surface area contributed by atoms with Crippen molar-refractivity contribution < 1.29 is 4.79 Å². The number of nitrogens with zero attached hydrogens (tertiary/aromatic N) is 4. The third kappa shape index (κ3) is 2.49. The number of piperidine rings is 1. The van der Waals surface area contributed by atoms with Crippen LogP contribution >= 0.6 is 0 Å². The van der Waals surface area contributed by atoms with Crippen LogP contribution in [0.15, 0.2) is 31.0 Å². The van der Waals surface area contributed by atoms with E-state index in [4.69, 9.17) is 0 Å². The molecule has 3 heterocycles. The molecule has 1 amide bonds. The van der Waals surface area contributed by atoms with Gasteiger partial charge in [0.1, 0.15) is 0 Å².